The molecule has 0 spiro atoms. The molecule has 33 heavy (non-hydrogen) atoms. The Labute approximate surface area is 200 Å². The number of anilines is 1. The molecule has 1 aliphatic heterocycles. The number of fused-ring (bicyclic) bond motifs is 1. The van der Waals surface area contributed by atoms with Gasteiger partial charge < -0.3 is 14.6 Å². The van der Waals surface area contributed by atoms with Gasteiger partial charge in [0.25, 0.3) is 0 Å². The number of hydrogen-bond acceptors (Lipinski definition) is 3. The lowest BCUT2D eigenvalue weighted by atomic mass is 9.86. The number of hydrogen-bond donors (Lipinski definition) is 1. The maximum Gasteiger partial charge on any atom is 0.124 e. The van der Waals surface area contributed by atoms with Crippen molar-refractivity contribution in [1.29, 1.82) is 0 Å². The lowest BCUT2D eigenvalue weighted by Gasteiger charge is -2.27. The number of allylic oxidation sites excluding steroid dienone is 4. The van der Waals surface area contributed by atoms with Crippen molar-refractivity contribution in [3.05, 3.63) is 88.2 Å². The molecule has 4 nitrogen and oxygen atoms in total. The maximum absolute atomic E-state index is 6.29. The minimum atomic E-state index is 0.171. The Kier molecular flexibility index (Phi) is 5.86. The van der Waals surface area contributed by atoms with Crippen molar-refractivity contribution >= 4 is 40.8 Å². The van der Waals surface area contributed by atoms with E-state index in [4.69, 9.17) is 16.3 Å². The summed E-state index contributed by atoms with van der Waals surface area (Å²) in [6, 6.07) is 16.5. The van der Waals surface area contributed by atoms with E-state index in [1.165, 1.54) is 27.8 Å². The van der Waals surface area contributed by atoms with Crippen molar-refractivity contribution in [2.75, 3.05) is 11.9 Å². The molecular formula is C28H28ClN3O. The van der Waals surface area contributed by atoms with Gasteiger partial charge in [-0.3, -0.25) is 4.99 Å². The molecule has 168 valence electrons. The first kappa shape index (κ1) is 21.6. The summed E-state index contributed by atoms with van der Waals surface area (Å²) in [6.07, 6.45) is 7.33. The molecule has 2 aromatic carbocycles. The van der Waals surface area contributed by atoms with Gasteiger partial charge in [-0.25, -0.2) is 0 Å². The number of ether oxygens (including phenoxy) is 1. The van der Waals surface area contributed by atoms with Gasteiger partial charge in [-0.2, -0.15) is 0 Å². The fourth-order valence-electron chi connectivity index (χ4n) is 5.05. The van der Waals surface area contributed by atoms with Crippen molar-refractivity contribution in [2.24, 2.45) is 12.0 Å². The zero-order valence-corrected chi connectivity index (χ0v) is 19.8. The van der Waals surface area contributed by atoms with Crippen molar-refractivity contribution in [1.82, 2.24) is 4.57 Å². The number of nitrogens with one attached hydrogen (secondary N) is 1. The van der Waals surface area contributed by atoms with E-state index in [1.807, 2.05) is 24.3 Å². The first-order chi connectivity index (χ1) is 16.1. The Hall–Kier alpha value is -3.24. The van der Waals surface area contributed by atoms with Crippen LogP contribution in [0.15, 0.2) is 71.4 Å². The van der Waals surface area contributed by atoms with E-state index in [0.29, 0.717) is 6.61 Å². The fourth-order valence-corrected chi connectivity index (χ4v) is 5.24. The van der Waals surface area contributed by atoms with Crippen LogP contribution in [0.5, 0.6) is 5.75 Å². The monoisotopic (exact) mass is 457 g/mol. The summed E-state index contributed by atoms with van der Waals surface area (Å²) in [6.45, 7) is 6.82. The van der Waals surface area contributed by atoms with E-state index >= 15 is 0 Å². The van der Waals surface area contributed by atoms with Gasteiger partial charge >= 0.3 is 0 Å². The third kappa shape index (κ3) is 4.00. The molecule has 1 N–H and O–H groups in total. The SMILES string of the molecule is C=Nc1c(NC2CCOc3ccccc32)cn(C)c1C1=CCCC(c2cccc(Cl)c2)=C1C. The van der Waals surface area contributed by atoms with Crippen LogP contribution >= 0.6 is 11.6 Å². The molecule has 0 fully saturated rings. The normalized spacial score (nSPS) is 17.8. The van der Waals surface area contributed by atoms with Gasteiger partial charge in [0.15, 0.2) is 0 Å². The Morgan fingerprint density at radius 2 is 2.03 bits per heavy atom. The van der Waals surface area contributed by atoms with Gasteiger partial charge in [0, 0.05) is 30.3 Å². The zero-order chi connectivity index (χ0) is 22.9. The highest BCUT2D eigenvalue weighted by atomic mass is 35.5. The second-order valence-electron chi connectivity index (χ2n) is 8.65. The predicted octanol–water partition coefficient (Wildman–Crippen LogP) is 7.60. The van der Waals surface area contributed by atoms with E-state index in [0.717, 1.165) is 47.1 Å². The van der Waals surface area contributed by atoms with Crippen LogP contribution in [0.3, 0.4) is 0 Å². The predicted molar refractivity (Wildman–Crippen MR) is 139 cm³/mol. The molecule has 0 saturated carbocycles. The topological polar surface area (TPSA) is 38.6 Å². The molecule has 1 aliphatic carbocycles. The van der Waals surface area contributed by atoms with Crippen LogP contribution in [-0.4, -0.2) is 17.9 Å². The van der Waals surface area contributed by atoms with Crippen LogP contribution in [0.2, 0.25) is 5.02 Å². The molecule has 2 aliphatic rings. The summed E-state index contributed by atoms with van der Waals surface area (Å²) in [4.78, 5) is 4.49. The van der Waals surface area contributed by atoms with Crippen molar-refractivity contribution < 1.29 is 4.74 Å². The van der Waals surface area contributed by atoms with Crippen LogP contribution < -0.4 is 10.1 Å². The molecule has 5 heteroatoms. The first-order valence-electron chi connectivity index (χ1n) is 11.4. The largest absolute Gasteiger partial charge is 0.493 e. The standard InChI is InChI=1S/C28H28ClN3O/c1-18-21(19-8-6-9-20(29)16-19)11-7-12-22(18)28-27(30-2)25(17-32(28)3)31-24-14-15-33-26-13-5-4-10-23(24)26/h4-6,8-10,12-13,16-17,24,31H,2,7,11,14-15H2,1,3H3. The van der Waals surface area contributed by atoms with Crippen LogP contribution in [0, 0.1) is 0 Å². The average molecular weight is 458 g/mol. The summed E-state index contributed by atoms with van der Waals surface area (Å²) in [7, 11) is 2.08. The van der Waals surface area contributed by atoms with E-state index in [1.54, 1.807) is 0 Å². The Morgan fingerprint density at radius 3 is 2.85 bits per heavy atom. The number of para-hydroxylation sites is 1. The van der Waals surface area contributed by atoms with E-state index in [2.05, 4.69) is 72.1 Å². The van der Waals surface area contributed by atoms with Gasteiger partial charge in [-0.1, -0.05) is 48.0 Å². The summed E-state index contributed by atoms with van der Waals surface area (Å²) in [5, 5.41) is 4.49. The van der Waals surface area contributed by atoms with Crippen LogP contribution in [0.25, 0.3) is 11.1 Å². The molecule has 0 saturated heterocycles. The zero-order valence-electron chi connectivity index (χ0n) is 19.1. The molecule has 1 unspecified atom stereocenters. The fraction of sp³-hybridized carbons (Fsp3) is 0.250. The summed E-state index contributed by atoms with van der Waals surface area (Å²) in [5.41, 5.74) is 9.14. The second-order valence-corrected chi connectivity index (χ2v) is 9.09. The lowest BCUT2D eigenvalue weighted by Crippen LogP contribution is -2.20. The number of aliphatic imine (C=N–C) groups is 1. The third-order valence-corrected chi connectivity index (χ3v) is 6.86. The van der Waals surface area contributed by atoms with E-state index < -0.39 is 0 Å². The molecule has 0 radical (unpaired) electrons. The van der Waals surface area contributed by atoms with Gasteiger partial charge in [-0.15, -0.1) is 0 Å². The summed E-state index contributed by atoms with van der Waals surface area (Å²) in [5.74, 6) is 0.949. The number of rotatable bonds is 5. The Balaban J connectivity index is 1.53. The highest BCUT2D eigenvalue weighted by molar-refractivity contribution is 6.30. The van der Waals surface area contributed by atoms with Crippen molar-refractivity contribution in [3.8, 4) is 5.75 Å². The minimum Gasteiger partial charge on any atom is -0.493 e. The minimum absolute atomic E-state index is 0.171. The smallest absolute Gasteiger partial charge is 0.124 e. The van der Waals surface area contributed by atoms with Gasteiger partial charge in [-0.05, 0) is 67.0 Å². The molecule has 2 heterocycles. The molecule has 3 aromatic rings. The first-order valence-corrected chi connectivity index (χ1v) is 11.8. The van der Waals surface area contributed by atoms with Crippen LogP contribution in [0.4, 0.5) is 11.4 Å². The highest BCUT2D eigenvalue weighted by Gasteiger charge is 2.26. The Bertz CT molecular complexity index is 1280. The van der Waals surface area contributed by atoms with Crippen molar-refractivity contribution in [2.45, 2.75) is 32.2 Å². The van der Waals surface area contributed by atoms with E-state index in [-0.39, 0.29) is 6.04 Å². The van der Waals surface area contributed by atoms with Gasteiger partial charge in [0.1, 0.15) is 11.4 Å². The lowest BCUT2D eigenvalue weighted by molar-refractivity contribution is 0.274. The molecular weight excluding hydrogens is 430 g/mol. The maximum atomic E-state index is 6.29. The second kappa shape index (κ2) is 8.95. The number of aryl methyl sites for hydroxylation is 1. The number of benzene rings is 2. The van der Waals surface area contributed by atoms with E-state index in [9.17, 15) is 0 Å². The Morgan fingerprint density at radius 1 is 1.18 bits per heavy atom. The number of nitrogens with zero attached hydrogens (tertiary/aromatic N) is 2. The number of aromatic nitrogens is 1. The van der Waals surface area contributed by atoms with Crippen molar-refractivity contribution in [3.63, 3.8) is 0 Å². The van der Waals surface area contributed by atoms with Crippen LogP contribution in [-0.2, 0) is 7.05 Å². The highest BCUT2D eigenvalue weighted by Crippen LogP contribution is 2.45. The van der Waals surface area contributed by atoms with Crippen LogP contribution in [0.1, 0.15) is 49.0 Å². The van der Waals surface area contributed by atoms with Gasteiger partial charge in [0.05, 0.1) is 24.0 Å². The molecule has 0 amide bonds. The quantitative estimate of drug-likeness (QED) is 0.400. The molecule has 1 atom stereocenters. The van der Waals surface area contributed by atoms with Gasteiger partial charge in [0.2, 0.25) is 0 Å². The summed E-state index contributed by atoms with van der Waals surface area (Å²) < 4.78 is 8.00. The summed E-state index contributed by atoms with van der Waals surface area (Å²) >= 11 is 6.29. The molecule has 0 bridgehead atoms. The third-order valence-electron chi connectivity index (χ3n) is 6.63. The molecule has 5 rings (SSSR count). The molecule has 1 aromatic heterocycles. The number of halogens is 1. The average Bonchev–Trinajstić information content (AvgIpc) is 3.14.